The molecule has 8 heteroatoms. The van der Waals surface area contributed by atoms with Crippen LogP contribution in [0.1, 0.15) is 37.9 Å². The Morgan fingerprint density at radius 2 is 1.64 bits per heavy atom. The van der Waals surface area contributed by atoms with Crippen molar-refractivity contribution in [3.63, 3.8) is 0 Å². The van der Waals surface area contributed by atoms with Crippen LogP contribution in [-0.2, 0) is 22.6 Å². The number of aliphatic carboxylic acids is 2. The molecule has 0 saturated carbocycles. The first-order valence-corrected chi connectivity index (χ1v) is 9.80. The maximum absolute atomic E-state index is 11.8. The summed E-state index contributed by atoms with van der Waals surface area (Å²) in [5, 5.41) is 20.1. The fourth-order valence-electron chi connectivity index (χ4n) is 3.29. The number of carbonyl (C=O) groups is 2. The number of rotatable bonds is 10. The van der Waals surface area contributed by atoms with Crippen LogP contribution in [0.3, 0.4) is 0 Å². The standard InChI is InChI=1S/C20H24Cl2N2O4/c1-12(2)3-14(19(25)26)6-15(20(27)28)7-18-9-23-11-24(18)10-13-4-16(21)8-17(22)5-13/h4-5,8-9,11-12,14-15H,3,6-7,10H2,1-2H3,(H,25,26)(H,27,28)/t14-,15+/m1/s1. The van der Waals surface area contributed by atoms with Crippen LogP contribution in [0, 0.1) is 17.8 Å². The van der Waals surface area contributed by atoms with Crippen molar-refractivity contribution in [1.82, 2.24) is 9.55 Å². The summed E-state index contributed by atoms with van der Waals surface area (Å²) < 4.78 is 1.83. The Kier molecular flexibility index (Phi) is 7.89. The van der Waals surface area contributed by atoms with E-state index in [1.807, 2.05) is 18.4 Å². The van der Waals surface area contributed by atoms with Gasteiger partial charge in [-0.15, -0.1) is 0 Å². The van der Waals surface area contributed by atoms with Crippen LogP contribution in [-0.4, -0.2) is 31.7 Å². The zero-order valence-corrected chi connectivity index (χ0v) is 17.3. The Bertz CT molecular complexity index is 815. The second-order valence-corrected chi connectivity index (χ2v) is 8.30. The van der Waals surface area contributed by atoms with E-state index in [4.69, 9.17) is 23.2 Å². The molecule has 1 aromatic heterocycles. The minimum absolute atomic E-state index is 0.0804. The first-order valence-electron chi connectivity index (χ1n) is 9.05. The first kappa shape index (κ1) is 22.2. The average molecular weight is 427 g/mol. The monoisotopic (exact) mass is 426 g/mol. The fraction of sp³-hybridized carbons (Fsp3) is 0.450. The van der Waals surface area contributed by atoms with Crippen LogP contribution in [0.5, 0.6) is 0 Å². The predicted molar refractivity (Wildman–Crippen MR) is 108 cm³/mol. The third-order valence-corrected chi connectivity index (χ3v) is 4.99. The van der Waals surface area contributed by atoms with Gasteiger partial charge in [-0.2, -0.15) is 0 Å². The average Bonchev–Trinajstić information content (AvgIpc) is 2.98. The molecule has 2 atom stereocenters. The Morgan fingerprint density at radius 3 is 2.18 bits per heavy atom. The van der Waals surface area contributed by atoms with Crippen molar-refractivity contribution in [2.75, 3.05) is 0 Å². The van der Waals surface area contributed by atoms with E-state index in [0.29, 0.717) is 23.0 Å². The Morgan fingerprint density at radius 1 is 1.04 bits per heavy atom. The van der Waals surface area contributed by atoms with Gasteiger partial charge in [-0.25, -0.2) is 4.98 Å². The molecular formula is C20H24Cl2N2O4. The lowest BCUT2D eigenvalue weighted by Crippen LogP contribution is -2.26. The lowest BCUT2D eigenvalue weighted by atomic mass is 9.86. The summed E-state index contributed by atoms with van der Waals surface area (Å²) in [5.41, 5.74) is 1.59. The summed E-state index contributed by atoms with van der Waals surface area (Å²) in [7, 11) is 0. The number of nitrogens with zero attached hydrogens (tertiary/aromatic N) is 2. The quantitative estimate of drug-likeness (QED) is 0.577. The largest absolute Gasteiger partial charge is 0.481 e. The van der Waals surface area contributed by atoms with E-state index in [9.17, 15) is 19.8 Å². The number of carboxylic acids is 2. The smallest absolute Gasteiger partial charge is 0.306 e. The van der Waals surface area contributed by atoms with Crippen LogP contribution in [0.25, 0.3) is 0 Å². The number of hydrogen-bond donors (Lipinski definition) is 2. The number of imidazole rings is 1. The van der Waals surface area contributed by atoms with Crippen molar-refractivity contribution in [2.45, 2.75) is 39.7 Å². The van der Waals surface area contributed by atoms with Gasteiger partial charge >= 0.3 is 11.9 Å². The summed E-state index contributed by atoms with van der Waals surface area (Å²) in [5.74, 6) is -3.29. The Hall–Kier alpha value is -2.05. The Balaban J connectivity index is 2.17. The van der Waals surface area contributed by atoms with Crippen LogP contribution in [0.2, 0.25) is 10.0 Å². The molecule has 28 heavy (non-hydrogen) atoms. The SMILES string of the molecule is CC(C)C[C@H](C[C@@H](Cc1cncn1Cc1cc(Cl)cc(Cl)c1)C(=O)O)C(=O)O. The van der Waals surface area contributed by atoms with Gasteiger partial charge in [-0.05, 0) is 42.5 Å². The fourth-order valence-corrected chi connectivity index (χ4v) is 3.86. The molecule has 2 N–H and O–H groups in total. The van der Waals surface area contributed by atoms with Crippen LogP contribution < -0.4 is 0 Å². The van der Waals surface area contributed by atoms with E-state index in [1.54, 1.807) is 30.7 Å². The maximum Gasteiger partial charge on any atom is 0.306 e. The molecule has 1 aromatic carbocycles. The maximum atomic E-state index is 11.8. The van der Waals surface area contributed by atoms with Crippen molar-refractivity contribution in [3.8, 4) is 0 Å². The van der Waals surface area contributed by atoms with E-state index < -0.39 is 23.8 Å². The molecule has 0 saturated heterocycles. The minimum atomic E-state index is -1.01. The predicted octanol–water partition coefficient (Wildman–Crippen LogP) is 4.62. The summed E-state index contributed by atoms with van der Waals surface area (Å²) in [6.45, 7) is 4.30. The molecule has 6 nitrogen and oxygen atoms in total. The molecule has 0 amide bonds. The van der Waals surface area contributed by atoms with Crippen molar-refractivity contribution >= 4 is 35.1 Å². The van der Waals surface area contributed by atoms with E-state index >= 15 is 0 Å². The highest BCUT2D eigenvalue weighted by atomic mass is 35.5. The molecule has 0 unspecified atom stereocenters. The molecule has 0 spiro atoms. The molecule has 2 rings (SSSR count). The van der Waals surface area contributed by atoms with E-state index in [0.717, 1.165) is 11.3 Å². The van der Waals surface area contributed by atoms with Gasteiger partial charge in [0.1, 0.15) is 0 Å². The lowest BCUT2D eigenvalue weighted by molar-refractivity contribution is -0.146. The third kappa shape index (κ3) is 6.53. The van der Waals surface area contributed by atoms with Gasteiger partial charge in [-0.3, -0.25) is 9.59 Å². The molecule has 0 aliphatic carbocycles. The van der Waals surface area contributed by atoms with Gasteiger partial charge in [-0.1, -0.05) is 37.0 Å². The Labute approximate surface area is 174 Å². The zero-order chi connectivity index (χ0) is 20.8. The lowest BCUT2D eigenvalue weighted by Gasteiger charge is -2.20. The van der Waals surface area contributed by atoms with Gasteiger partial charge < -0.3 is 14.8 Å². The van der Waals surface area contributed by atoms with Crippen molar-refractivity contribution in [1.29, 1.82) is 0 Å². The van der Waals surface area contributed by atoms with Gasteiger partial charge in [0, 0.05) is 34.9 Å². The summed E-state index contributed by atoms with van der Waals surface area (Å²) in [6.07, 6.45) is 3.95. The van der Waals surface area contributed by atoms with Crippen LogP contribution in [0.4, 0.5) is 0 Å². The number of carboxylic acid groups (broad SMARTS) is 2. The highest BCUT2D eigenvalue weighted by molar-refractivity contribution is 6.34. The van der Waals surface area contributed by atoms with Crippen molar-refractivity contribution < 1.29 is 19.8 Å². The molecule has 0 aliphatic heterocycles. The first-order chi connectivity index (χ1) is 13.2. The van der Waals surface area contributed by atoms with Gasteiger partial charge in [0.2, 0.25) is 0 Å². The van der Waals surface area contributed by atoms with E-state index in [-0.39, 0.29) is 18.8 Å². The molecule has 152 valence electrons. The summed E-state index contributed by atoms with van der Waals surface area (Å²) in [6, 6.07) is 5.21. The van der Waals surface area contributed by atoms with Gasteiger partial charge in [0.15, 0.2) is 0 Å². The molecule has 1 heterocycles. The van der Waals surface area contributed by atoms with Crippen LogP contribution in [0.15, 0.2) is 30.7 Å². The highest BCUT2D eigenvalue weighted by Crippen LogP contribution is 2.25. The minimum Gasteiger partial charge on any atom is -0.481 e. The summed E-state index contributed by atoms with van der Waals surface area (Å²) in [4.78, 5) is 27.4. The van der Waals surface area contributed by atoms with Crippen molar-refractivity contribution in [3.05, 3.63) is 52.0 Å². The van der Waals surface area contributed by atoms with Crippen molar-refractivity contribution in [2.24, 2.45) is 17.8 Å². The molecular weight excluding hydrogens is 403 g/mol. The number of aromatic nitrogens is 2. The molecule has 0 bridgehead atoms. The number of halogens is 2. The zero-order valence-electron chi connectivity index (χ0n) is 15.8. The second-order valence-electron chi connectivity index (χ2n) is 7.43. The third-order valence-electron chi connectivity index (χ3n) is 4.55. The number of hydrogen-bond acceptors (Lipinski definition) is 3. The molecule has 0 radical (unpaired) electrons. The van der Waals surface area contributed by atoms with Crippen LogP contribution >= 0.6 is 23.2 Å². The molecule has 0 fully saturated rings. The highest BCUT2D eigenvalue weighted by Gasteiger charge is 2.28. The second kappa shape index (κ2) is 9.94. The van der Waals surface area contributed by atoms with E-state index in [1.165, 1.54) is 0 Å². The van der Waals surface area contributed by atoms with E-state index in [2.05, 4.69) is 4.98 Å². The number of benzene rings is 1. The van der Waals surface area contributed by atoms with Gasteiger partial charge in [0.25, 0.3) is 0 Å². The topological polar surface area (TPSA) is 92.4 Å². The van der Waals surface area contributed by atoms with Gasteiger partial charge in [0.05, 0.1) is 18.2 Å². The molecule has 2 aromatic rings. The summed E-state index contributed by atoms with van der Waals surface area (Å²) >= 11 is 12.1. The molecule has 0 aliphatic rings. The normalized spacial score (nSPS) is 13.5.